The SMILES string of the molecule is Nc1n[nH]nc1C(=O)NCc1ccccn1. The molecule has 82 valence electrons. The lowest BCUT2D eigenvalue weighted by Gasteiger charge is -2.02. The van der Waals surface area contributed by atoms with Crippen LogP contribution in [-0.2, 0) is 6.54 Å². The average Bonchev–Trinajstić information content (AvgIpc) is 2.74. The van der Waals surface area contributed by atoms with Gasteiger partial charge in [-0.05, 0) is 12.1 Å². The molecule has 0 spiro atoms. The molecule has 4 N–H and O–H groups in total. The van der Waals surface area contributed by atoms with Gasteiger partial charge < -0.3 is 11.1 Å². The molecule has 0 bridgehead atoms. The molecule has 0 aliphatic carbocycles. The molecule has 0 aliphatic heterocycles. The molecular formula is C9H10N6O. The van der Waals surface area contributed by atoms with Gasteiger partial charge in [0.25, 0.3) is 5.91 Å². The first-order chi connectivity index (χ1) is 7.77. The Labute approximate surface area is 91.1 Å². The lowest BCUT2D eigenvalue weighted by Crippen LogP contribution is -2.24. The zero-order valence-corrected chi connectivity index (χ0v) is 8.34. The molecule has 0 saturated heterocycles. The van der Waals surface area contributed by atoms with Gasteiger partial charge in [-0.1, -0.05) is 6.07 Å². The van der Waals surface area contributed by atoms with Crippen molar-refractivity contribution in [2.24, 2.45) is 0 Å². The highest BCUT2D eigenvalue weighted by atomic mass is 16.2. The summed E-state index contributed by atoms with van der Waals surface area (Å²) in [6.07, 6.45) is 1.66. The van der Waals surface area contributed by atoms with Crippen molar-refractivity contribution < 1.29 is 4.79 Å². The van der Waals surface area contributed by atoms with E-state index in [1.807, 2.05) is 12.1 Å². The first-order valence-corrected chi connectivity index (χ1v) is 4.61. The number of rotatable bonds is 3. The van der Waals surface area contributed by atoms with Crippen molar-refractivity contribution in [3.8, 4) is 0 Å². The number of hydrogen-bond donors (Lipinski definition) is 3. The normalized spacial score (nSPS) is 10.0. The standard InChI is InChI=1S/C9H10N6O/c10-8-7(13-15-14-8)9(16)12-5-6-3-1-2-4-11-6/h1-4H,5H2,(H,12,16)(H3,10,13,14,15). The minimum atomic E-state index is -0.378. The Morgan fingerprint density at radius 3 is 2.94 bits per heavy atom. The maximum atomic E-state index is 11.6. The van der Waals surface area contributed by atoms with Crippen molar-refractivity contribution in [2.75, 3.05) is 5.73 Å². The van der Waals surface area contributed by atoms with Crippen LogP contribution in [0, 0.1) is 0 Å². The molecule has 2 aromatic heterocycles. The number of aromatic nitrogens is 4. The van der Waals surface area contributed by atoms with Gasteiger partial charge in [0.05, 0.1) is 12.2 Å². The van der Waals surface area contributed by atoms with E-state index in [4.69, 9.17) is 5.73 Å². The molecule has 0 aliphatic rings. The third kappa shape index (κ3) is 2.14. The van der Waals surface area contributed by atoms with Crippen molar-refractivity contribution in [2.45, 2.75) is 6.54 Å². The predicted molar refractivity (Wildman–Crippen MR) is 56.2 cm³/mol. The first-order valence-electron chi connectivity index (χ1n) is 4.61. The van der Waals surface area contributed by atoms with Crippen LogP contribution in [0.5, 0.6) is 0 Å². The highest BCUT2D eigenvalue weighted by Gasteiger charge is 2.13. The number of H-pyrrole nitrogens is 1. The number of nitrogens with zero attached hydrogens (tertiary/aromatic N) is 3. The number of nitrogens with one attached hydrogen (secondary N) is 2. The van der Waals surface area contributed by atoms with Crippen molar-refractivity contribution in [1.29, 1.82) is 0 Å². The summed E-state index contributed by atoms with van der Waals surface area (Å²) in [4.78, 5) is 15.6. The molecule has 2 rings (SSSR count). The second kappa shape index (κ2) is 4.39. The monoisotopic (exact) mass is 218 g/mol. The predicted octanol–water partition coefficient (Wildman–Crippen LogP) is -0.288. The number of carbonyl (C=O) groups is 1. The second-order valence-corrected chi connectivity index (χ2v) is 3.06. The summed E-state index contributed by atoms with van der Waals surface area (Å²) in [5, 5.41) is 12.1. The zero-order valence-electron chi connectivity index (χ0n) is 8.34. The molecule has 16 heavy (non-hydrogen) atoms. The Bertz CT molecular complexity index is 480. The highest BCUT2D eigenvalue weighted by Crippen LogP contribution is 2.01. The fourth-order valence-corrected chi connectivity index (χ4v) is 1.16. The van der Waals surface area contributed by atoms with Gasteiger partial charge in [-0.25, -0.2) is 0 Å². The van der Waals surface area contributed by atoms with Crippen molar-refractivity contribution in [3.05, 3.63) is 35.8 Å². The molecular weight excluding hydrogens is 208 g/mol. The summed E-state index contributed by atoms with van der Waals surface area (Å²) in [6.45, 7) is 0.325. The number of anilines is 1. The molecule has 2 aromatic rings. The van der Waals surface area contributed by atoms with Gasteiger partial charge in [0.15, 0.2) is 11.5 Å². The summed E-state index contributed by atoms with van der Waals surface area (Å²) >= 11 is 0. The number of hydrogen-bond acceptors (Lipinski definition) is 5. The van der Waals surface area contributed by atoms with E-state index in [-0.39, 0.29) is 17.4 Å². The number of carbonyl (C=O) groups excluding carboxylic acids is 1. The van der Waals surface area contributed by atoms with Crippen LogP contribution in [0.4, 0.5) is 5.82 Å². The molecule has 7 heteroatoms. The molecule has 0 unspecified atom stereocenters. The molecule has 2 heterocycles. The van der Waals surface area contributed by atoms with E-state index < -0.39 is 0 Å². The van der Waals surface area contributed by atoms with Crippen LogP contribution in [0.25, 0.3) is 0 Å². The van der Waals surface area contributed by atoms with Gasteiger partial charge >= 0.3 is 0 Å². The van der Waals surface area contributed by atoms with E-state index >= 15 is 0 Å². The summed E-state index contributed by atoms with van der Waals surface area (Å²) in [5.74, 6) is -0.296. The van der Waals surface area contributed by atoms with E-state index in [0.29, 0.717) is 6.54 Å². The summed E-state index contributed by atoms with van der Waals surface area (Å²) < 4.78 is 0. The van der Waals surface area contributed by atoms with Crippen molar-refractivity contribution in [3.63, 3.8) is 0 Å². The summed E-state index contributed by atoms with van der Waals surface area (Å²) in [7, 11) is 0. The topological polar surface area (TPSA) is 110 Å². The third-order valence-corrected chi connectivity index (χ3v) is 1.95. The second-order valence-electron chi connectivity index (χ2n) is 3.06. The average molecular weight is 218 g/mol. The van der Waals surface area contributed by atoms with Crippen LogP contribution in [-0.4, -0.2) is 26.3 Å². The zero-order chi connectivity index (χ0) is 11.4. The number of aromatic amines is 1. The quantitative estimate of drug-likeness (QED) is 0.655. The number of pyridine rings is 1. The van der Waals surface area contributed by atoms with Crippen LogP contribution in [0.3, 0.4) is 0 Å². The van der Waals surface area contributed by atoms with E-state index in [1.54, 1.807) is 12.3 Å². The van der Waals surface area contributed by atoms with E-state index in [9.17, 15) is 4.79 Å². The fourth-order valence-electron chi connectivity index (χ4n) is 1.16. The van der Waals surface area contributed by atoms with E-state index in [2.05, 4.69) is 25.7 Å². The Morgan fingerprint density at radius 1 is 1.44 bits per heavy atom. The molecule has 0 radical (unpaired) electrons. The lowest BCUT2D eigenvalue weighted by molar-refractivity contribution is 0.0946. The van der Waals surface area contributed by atoms with Gasteiger partial charge in [0, 0.05) is 6.20 Å². The molecule has 7 nitrogen and oxygen atoms in total. The smallest absolute Gasteiger partial charge is 0.276 e. The summed E-state index contributed by atoms with van der Waals surface area (Å²) in [5.41, 5.74) is 6.28. The highest BCUT2D eigenvalue weighted by molar-refractivity contribution is 5.96. The minimum absolute atomic E-state index is 0.0820. The number of nitrogen functional groups attached to an aromatic ring is 1. The molecule has 0 atom stereocenters. The maximum Gasteiger partial charge on any atom is 0.276 e. The number of amides is 1. The van der Waals surface area contributed by atoms with E-state index in [1.165, 1.54) is 0 Å². The molecule has 0 fully saturated rings. The van der Waals surface area contributed by atoms with Crippen molar-refractivity contribution >= 4 is 11.7 Å². The Hall–Kier alpha value is -2.44. The molecule has 1 amide bonds. The Morgan fingerprint density at radius 2 is 2.31 bits per heavy atom. The van der Waals surface area contributed by atoms with Crippen LogP contribution in [0.2, 0.25) is 0 Å². The minimum Gasteiger partial charge on any atom is -0.380 e. The summed E-state index contributed by atoms with van der Waals surface area (Å²) in [6, 6.07) is 5.46. The van der Waals surface area contributed by atoms with E-state index in [0.717, 1.165) is 5.69 Å². The van der Waals surface area contributed by atoms with Gasteiger partial charge in [-0.2, -0.15) is 5.21 Å². The Kier molecular flexibility index (Phi) is 2.77. The van der Waals surface area contributed by atoms with Gasteiger partial charge in [-0.15, -0.1) is 10.2 Å². The fraction of sp³-hybridized carbons (Fsp3) is 0.111. The van der Waals surface area contributed by atoms with Gasteiger partial charge in [-0.3, -0.25) is 9.78 Å². The Balaban J connectivity index is 1.97. The van der Waals surface area contributed by atoms with Crippen LogP contribution in [0.15, 0.2) is 24.4 Å². The molecule has 0 aromatic carbocycles. The largest absolute Gasteiger partial charge is 0.380 e. The van der Waals surface area contributed by atoms with Gasteiger partial charge in [0.1, 0.15) is 0 Å². The van der Waals surface area contributed by atoms with Crippen LogP contribution >= 0.6 is 0 Å². The molecule has 0 saturated carbocycles. The van der Waals surface area contributed by atoms with Crippen LogP contribution < -0.4 is 11.1 Å². The number of nitrogens with two attached hydrogens (primary N) is 1. The third-order valence-electron chi connectivity index (χ3n) is 1.95. The van der Waals surface area contributed by atoms with Gasteiger partial charge in [0.2, 0.25) is 0 Å². The van der Waals surface area contributed by atoms with Crippen LogP contribution in [0.1, 0.15) is 16.2 Å². The van der Waals surface area contributed by atoms with Crippen molar-refractivity contribution in [1.82, 2.24) is 25.7 Å². The maximum absolute atomic E-state index is 11.6. The first kappa shape index (κ1) is 10.1. The lowest BCUT2D eigenvalue weighted by atomic mass is 10.3.